The largest absolute Gasteiger partial charge is 0.491 e. The van der Waals surface area contributed by atoms with Gasteiger partial charge in [-0.1, -0.05) is 18.2 Å². The van der Waals surface area contributed by atoms with Crippen LogP contribution in [0, 0.1) is 17.0 Å². The van der Waals surface area contributed by atoms with E-state index in [1.54, 1.807) is 6.07 Å². The van der Waals surface area contributed by atoms with E-state index in [0.29, 0.717) is 5.75 Å². The molecule has 0 aliphatic heterocycles. The van der Waals surface area contributed by atoms with Gasteiger partial charge in [-0.05, 0) is 18.6 Å². The van der Waals surface area contributed by atoms with E-state index < -0.39 is 11.2 Å². The highest BCUT2D eigenvalue weighted by atomic mass is 17.0. The molecule has 0 aliphatic carbocycles. The summed E-state index contributed by atoms with van der Waals surface area (Å²) < 4.78 is 5.28. The van der Waals surface area contributed by atoms with Crippen molar-refractivity contribution in [2.24, 2.45) is 0 Å². The average Bonchev–Trinajstić information content (AvgIpc) is 2.25. The lowest BCUT2D eigenvalue weighted by Crippen LogP contribution is -2.25. The number of hydrogen-bond donors (Lipinski definition) is 1. The van der Waals surface area contributed by atoms with Gasteiger partial charge < -0.3 is 14.7 Å². The van der Waals surface area contributed by atoms with Gasteiger partial charge in [0, 0.05) is 0 Å². The maximum absolute atomic E-state index is 9.86. The number of para-hydroxylation sites is 1. The standard InChI is InChI=1S/C10H13NO5/c1-8-4-2-3-5-10(8)15-6-9(12)7-16-11(13)14/h2-5,9,12H,6-7H2,1H3/t9-/m1/s1. The topological polar surface area (TPSA) is 81.8 Å². The molecule has 0 bridgehead atoms. The monoisotopic (exact) mass is 227 g/mol. The second-order valence-electron chi connectivity index (χ2n) is 3.25. The smallest absolute Gasteiger partial charge is 0.294 e. The first kappa shape index (κ1) is 12.3. The number of aryl methyl sites for hydroxylation is 1. The second-order valence-corrected chi connectivity index (χ2v) is 3.25. The Hall–Kier alpha value is -1.82. The van der Waals surface area contributed by atoms with Crippen LogP contribution in [0.3, 0.4) is 0 Å². The number of ether oxygens (including phenoxy) is 1. The molecule has 0 saturated heterocycles. The van der Waals surface area contributed by atoms with Crippen molar-refractivity contribution in [2.75, 3.05) is 13.2 Å². The first-order valence-corrected chi connectivity index (χ1v) is 4.73. The van der Waals surface area contributed by atoms with Gasteiger partial charge in [0.2, 0.25) is 0 Å². The molecule has 1 N–H and O–H groups in total. The summed E-state index contributed by atoms with van der Waals surface area (Å²) in [6.45, 7) is 1.44. The van der Waals surface area contributed by atoms with Gasteiger partial charge in [0.15, 0.2) is 0 Å². The minimum atomic E-state index is -1.02. The van der Waals surface area contributed by atoms with Gasteiger partial charge in [0.25, 0.3) is 5.09 Å². The van der Waals surface area contributed by atoms with Crippen LogP contribution in [0.1, 0.15) is 5.56 Å². The Morgan fingerprint density at radius 3 is 2.75 bits per heavy atom. The van der Waals surface area contributed by atoms with Crippen molar-refractivity contribution in [2.45, 2.75) is 13.0 Å². The summed E-state index contributed by atoms with van der Waals surface area (Å²) >= 11 is 0. The molecular weight excluding hydrogens is 214 g/mol. The Morgan fingerprint density at radius 2 is 2.12 bits per heavy atom. The van der Waals surface area contributed by atoms with Gasteiger partial charge >= 0.3 is 0 Å². The van der Waals surface area contributed by atoms with E-state index in [0.717, 1.165) is 5.56 Å². The van der Waals surface area contributed by atoms with E-state index in [4.69, 9.17) is 4.74 Å². The van der Waals surface area contributed by atoms with Crippen LogP contribution in [-0.4, -0.2) is 29.5 Å². The second kappa shape index (κ2) is 5.92. The van der Waals surface area contributed by atoms with Crippen LogP contribution in [0.2, 0.25) is 0 Å². The lowest BCUT2D eigenvalue weighted by Gasteiger charge is -2.12. The number of nitrogens with zero attached hydrogens (tertiary/aromatic N) is 1. The van der Waals surface area contributed by atoms with Crippen LogP contribution in [0.4, 0.5) is 0 Å². The predicted molar refractivity (Wildman–Crippen MR) is 55.6 cm³/mol. The SMILES string of the molecule is Cc1ccccc1OC[C@@H](O)CO[N+](=O)[O-]. The molecule has 0 heterocycles. The van der Waals surface area contributed by atoms with Crippen molar-refractivity contribution < 1.29 is 19.8 Å². The molecule has 0 radical (unpaired) electrons. The molecule has 0 unspecified atom stereocenters. The molecule has 1 aromatic carbocycles. The summed E-state index contributed by atoms with van der Waals surface area (Å²) in [6, 6.07) is 7.31. The minimum absolute atomic E-state index is 0.0430. The molecule has 16 heavy (non-hydrogen) atoms. The fraction of sp³-hybridized carbons (Fsp3) is 0.400. The van der Waals surface area contributed by atoms with Crippen LogP contribution >= 0.6 is 0 Å². The molecule has 0 aliphatic rings. The third-order valence-electron chi connectivity index (χ3n) is 1.90. The van der Waals surface area contributed by atoms with E-state index in [-0.39, 0.29) is 13.2 Å². The summed E-state index contributed by atoms with van der Waals surface area (Å²) in [5, 5.41) is 18.2. The van der Waals surface area contributed by atoms with E-state index in [1.807, 2.05) is 25.1 Å². The summed E-state index contributed by atoms with van der Waals surface area (Å²) in [7, 11) is 0. The zero-order valence-electron chi connectivity index (χ0n) is 8.83. The molecule has 0 aromatic heterocycles. The highest BCUT2D eigenvalue weighted by Gasteiger charge is 2.08. The van der Waals surface area contributed by atoms with Gasteiger partial charge in [-0.25, -0.2) is 0 Å². The van der Waals surface area contributed by atoms with Crippen LogP contribution in [0.5, 0.6) is 5.75 Å². The average molecular weight is 227 g/mol. The van der Waals surface area contributed by atoms with E-state index in [2.05, 4.69) is 4.84 Å². The Kier molecular flexibility index (Phi) is 4.53. The third kappa shape index (κ3) is 4.14. The third-order valence-corrected chi connectivity index (χ3v) is 1.90. The molecular formula is C10H13NO5. The zero-order chi connectivity index (χ0) is 12.0. The molecule has 0 fully saturated rings. The summed E-state index contributed by atoms with van der Waals surface area (Å²) in [5.74, 6) is 0.641. The maximum atomic E-state index is 9.86. The lowest BCUT2D eigenvalue weighted by atomic mass is 10.2. The molecule has 1 rings (SSSR count). The molecule has 88 valence electrons. The van der Waals surface area contributed by atoms with Crippen molar-refractivity contribution in [3.05, 3.63) is 39.9 Å². The van der Waals surface area contributed by atoms with Gasteiger partial charge in [0.1, 0.15) is 25.1 Å². The number of aliphatic hydroxyl groups excluding tert-OH is 1. The summed E-state index contributed by atoms with van der Waals surface area (Å²) in [5.41, 5.74) is 0.935. The highest BCUT2D eigenvalue weighted by molar-refractivity contribution is 5.31. The van der Waals surface area contributed by atoms with Gasteiger partial charge in [-0.3, -0.25) is 0 Å². The normalized spacial score (nSPS) is 11.9. The Bertz CT molecular complexity index is 355. The number of hydrogen-bond acceptors (Lipinski definition) is 5. The molecule has 0 spiro atoms. The van der Waals surface area contributed by atoms with Crippen molar-refractivity contribution in [1.29, 1.82) is 0 Å². The molecule has 0 amide bonds. The first-order valence-electron chi connectivity index (χ1n) is 4.73. The van der Waals surface area contributed by atoms with E-state index in [9.17, 15) is 15.2 Å². The van der Waals surface area contributed by atoms with Crippen molar-refractivity contribution in [3.63, 3.8) is 0 Å². The molecule has 0 saturated carbocycles. The number of rotatable bonds is 6. The van der Waals surface area contributed by atoms with Crippen LogP contribution in [-0.2, 0) is 4.84 Å². The van der Waals surface area contributed by atoms with Gasteiger partial charge in [-0.2, -0.15) is 0 Å². The van der Waals surface area contributed by atoms with Crippen molar-refractivity contribution in [3.8, 4) is 5.75 Å². The quantitative estimate of drug-likeness (QED) is 0.577. The van der Waals surface area contributed by atoms with Gasteiger partial charge in [0.05, 0.1) is 0 Å². The van der Waals surface area contributed by atoms with Crippen molar-refractivity contribution >= 4 is 0 Å². The fourth-order valence-electron chi connectivity index (χ4n) is 1.10. The first-order chi connectivity index (χ1) is 7.59. The summed E-state index contributed by atoms with van der Waals surface area (Å²) in [6.07, 6.45) is -1.02. The number of aliphatic hydroxyl groups is 1. The highest BCUT2D eigenvalue weighted by Crippen LogP contribution is 2.16. The lowest BCUT2D eigenvalue weighted by molar-refractivity contribution is -0.759. The van der Waals surface area contributed by atoms with E-state index in [1.165, 1.54) is 0 Å². The van der Waals surface area contributed by atoms with Crippen LogP contribution in [0.15, 0.2) is 24.3 Å². The Labute approximate surface area is 92.5 Å². The molecule has 6 nitrogen and oxygen atoms in total. The molecule has 6 heteroatoms. The van der Waals surface area contributed by atoms with E-state index >= 15 is 0 Å². The van der Waals surface area contributed by atoms with Crippen LogP contribution in [0.25, 0.3) is 0 Å². The molecule has 1 aromatic rings. The summed E-state index contributed by atoms with van der Waals surface area (Å²) in [4.78, 5) is 13.9. The maximum Gasteiger partial charge on any atom is 0.294 e. The Balaban J connectivity index is 2.34. The van der Waals surface area contributed by atoms with Crippen molar-refractivity contribution in [1.82, 2.24) is 0 Å². The Morgan fingerprint density at radius 1 is 1.44 bits per heavy atom. The fourth-order valence-corrected chi connectivity index (χ4v) is 1.10. The minimum Gasteiger partial charge on any atom is -0.491 e. The number of benzene rings is 1. The zero-order valence-corrected chi connectivity index (χ0v) is 8.83. The molecule has 1 atom stereocenters. The predicted octanol–water partition coefficient (Wildman–Crippen LogP) is 0.943. The van der Waals surface area contributed by atoms with Gasteiger partial charge in [-0.15, -0.1) is 10.1 Å². The van der Waals surface area contributed by atoms with Crippen LogP contribution < -0.4 is 4.74 Å².